The molecule has 1 unspecified atom stereocenters. The van der Waals surface area contributed by atoms with Crippen molar-refractivity contribution in [1.82, 2.24) is 20.8 Å². The molecule has 0 fully saturated rings. The zero-order chi connectivity index (χ0) is 21.8. The molecule has 1 heterocycles. The molecule has 0 bridgehead atoms. The van der Waals surface area contributed by atoms with Gasteiger partial charge in [-0.25, -0.2) is 0 Å². The van der Waals surface area contributed by atoms with Crippen LogP contribution in [0.1, 0.15) is 71.3 Å². The lowest BCUT2D eigenvalue weighted by atomic mass is 9.96. The van der Waals surface area contributed by atoms with E-state index in [-0.39, 0.29) is 23.7 Å². The molecular weight excluding hydrogens is 372 g/mol. The molecule has 2 aromatic rings. The highest BCUT2D eigenvalue weighted by atomic mass is 16.5. The minimum atomic E-state index is -0.829. The van der Waals surface area contributed by atoms with Crippen molar-refractivity contribution in [3.05, 3.63) is 41.5 Å². The van der Waals surface area contributed by atoms with Crippen LogP contribution < -0.4 is 15.4 Å². The van der Waals surface area contributed by atoms with Gasteiger partial charge in [-0.1, -0.05) is 38.1 Å². The fourth-order valence-electron chi connectivity index (χ4n) is 2.76. The zero-order valence-electron chi connectivity index (χ0n) is 18.1. The molecule has 1 aromatic carbocycles. The lowest BCUT2D eigenvalue weighted by molar-refractivity contribution is -0.124. The van der Waals surface area contributed by atoms with E-state index < -0.39 is 11.6 Å². The summed E-state index contributed by atoms with van der Waals surface area (Å²) in [5.74, 6) is 1.14. The van der Waals surface area contributed by atoms with Gasteiger partial charge in [-0.3, -0.25) is 9.59 Å². The fraction of sp³-hybridized carbons (Fsp3) is 0.524. The van der Waals surface area contributed by atoms with Crippen molar-refractivity contribution in [3.8, 4) is 5.75 Å². The summed E-state index contributed by atoms with van der Waals surface area (Å²) in [6.07, 6.45) is 0.0688. The molecule has 8 nitrogen and oxygen atoms in total. The Labute approximate surface area is 171 Å². The van der Waals surface area contributed by atoms with Gasteiger partial charge in [-0.05, 0) is 31.5 Å². The van der Waals surface area contributed by atoms with E-state index in [9.17, 15) is 9.59 Å². The number of methoxy groups -OCH3 is 1. The van der Waals surface area contributed by atoms with Crippen LogP contribution in [0.25, 0.3) is 0 Å². The molecule has 0 aliphatic carbocycles. The second kappa shape index (κ2) is 8.63. The van der Waals surface area contributed by atoms with Crippen LogP contribution >= 0.6 is 0 Å². The van der Waals surface area contributed by atoms with Crippen molar-refractivity contribution in [2.45, 2.75) is 65.0 Å². The molecular formula is C21H30N4O4. The van der Waals surface area contributed by atoms with Crippen molar-refractivity contribution in [2.24, 2.45) is 0 Å². The van der Waals surface area contributed by atoms with Gasteiger partial charge in [-0.15, -0.1) is 0 Å². The lowest BCUT2D eigenvalue weighted by Gasteiger charge is -2.25. The molecule has 1 aromatic heterocycles. The molecule has 2 amide bonds. The van der Waals surface area contributed by atoms with Gasteiger partial charge in [0.25, 0.3) is 0 Å². The minimum Gasteiger partial charge on any atom is -0.497 e. The maximum Gasteiger partial charge on any atom is 0.232 e. The molecule has 29 heavy (non-hydrogen) atoms. The normalized spacial score (nSPS) is 12.9. The first kappa shape index (κ1) is 22.4. The monoisotopic (exact) mass is 402 g/mol. The zero-order valence-corrected chi connectivity index (χ0v) is 18.1. The highest BCUT2D eigenvalue weighted by Crippen LogP contribution is 2.25. The van der Waals surface area contributed by atoms with Crippen LogP contribution in [0.2, 0.25) is 0 Å². The first-order chi connectivity index (χ1) is 13.4. The van der Waals surface area contributed by atoms with E-state index in [0.29, 0.717) is 17.5 Å². The number of rotatable bonds is 7. The summed E-state index contributed by atoms with van der Waals surface area (Å²) in [7, 11) is 1.58. The maximum absolute atomic E-state index is 12.8. The van der Waals surface area contributed by atoms with E-state index >= 15 is 0 Å². The summed E-state index contributed by atoms with van der Waals surface area (Å²) in [4.78, 5) is 28.8. The van der Waals surface area contributed by atoms with Crippen LogP contribution in [-0.2, 0) is 20.5 Å². The number of ether oxygens (including phenoxy) is 1. The highest BCUT2D eigenvalue weighted by Gasteiger charge is 2.32. The third-order valence-corrected chi connectivity index (χ3v) is 4.36. The van der Waals surface area contributed by atoms with E-state index in [1.807, 2.05) is 46.8 Å². The Morgan fingerprint density at radius 1 is 1.14 bits per heavy atom. The quantitative estimate of drug-likeness (QED) is 0.737. The van der Waals surface area contributed by atoms with Crippen LogP contribution in [0.4, 0.5) is 0 Å². The molecule has 0 radical (unpaired) electrons. The minimum absolute atomic E-state index is 0.0688. The van der Waals surface area contributed by atoms with Gasteiger partial charge in [0.2, 0.25) is 17.7 Å². The Morgan fingerprint density at radius 2 is 1.76 bits per heavy atom. The van der Waals surface area contributed by atoms with Gasteiger partial charge in [0, 0.05) is 12.3 Å². The predicted octanol–water partition coefficient (Wildman–Crippen LogP) is 2.99. The summed E-state index contributed by atoms with van der Waals surface area (Å²) in [5.41, 5.74) is -0.301. The largest absolute Gasteiger partial charge is 0.497 e. The number of hydrogen-bond donors (Lipinski definition) is 2. The molecule has 1 atom stereocenters. The second-order valence-corrected chi connectivity index (χ2v) is 8.58. The van der Waals surface area contributed by atoms with Gasteiger partial charge >= 0.3 is 0 Å². The molecule has 0 aliphatic heterocycles. The highest BCUT2D eigenvalue weighted by molar-refractivity contribution is 5.79. The molecule has 2 rings (SSSR count). The van der Waals surface area contributed by atoms with E-state index in [0.717, 1.165) is 5.56 Å². The van der Waals surface area contributed by atoms with Crippen LogP contribution in [-0.4, -0.2) is 29.1 Å². The number of carbonyl (C=O) groups is 2. The van der Waals surface area contributed by atoms with Crippen LogP contribution in [0.5, 0.6) is 5.75 Å². The van der Waals surface area contributed by atoms with Crippen LogP contribution in [0, 0.1) is 0 Å². The molecule has 0 spiro atoms. The number of benzene rings is 1. The summed E-state index contributed by atoms with van der Waals surface area (Å²) in [6.45, 7) is 11.0. The molecule has 0 saturated heterocycles. The smallest absolute Gasteiger partial charge is 0.232 e. The van der Waals surface area contributed by atoms with Crippen molar-refractivity contribution < 1.29 is 18.8 Å². The van der Waals surface area contributed by atoms with Gasteiger partial charge in [0.15, 0.2) is 5.82 Å². The summed E-state index contributed by atoms with van der Waals surface area (Å²) < 4.78 is 10.5. The first-order valence-corrected chi connectivity index (χ1v) is 9.49. The number of amides is 2. The standard InChI is InChI=1S/C21H30N4O4/c1-13(26)22-16(14-8-10-15(28-7)11-9-14)12-17(27)24-21(5,6)18-23-19(29-25-18)20(2,3)4/h8-11,16H,12H2,1-7H3,(H,22,26)(H,24,27). The van der Waals surface area contributed by atoms with Gasteiger partial charge in [0.1, 0.15) is 5.75 Å². The van der Waals surface area contributed by atoms with Crippen molar-refractivity contribution in [2.75, 3.05) is 7.11 Å². The van der Waals surface area contributed by atoms with Gasteiger partial charge in [0.05, 0.1) is 25.1 Å². The average Bonchev–Trinajstić information content (AvgIpc) is 3.12. The van der Waals surface area contributed by atoms with E-state index in [1.165, 1.54) is 6.92 Å². The second-order valence-electron chi connectivity index (χ2n) is 8.58. The molecule has 2 N–H and O–H groups in total. The van der Waals surface area contributed by atoms with Crippen LogP contribution in [0.3, 0.4) is 0 Å². The predicted molar refractivity (Wildman–Crippen MR) is 108 cm³/mol. The Hall–Kier alpha value is -2.90. The summed E-state index contributed by atoms with van der Waals surface area (Å²) in [6, 6.07) is 6.77. The van der Waals surface area contributed by atoms with Crippen molar-refractivity contribution in [3.63, 3.8) is 0 Å². The number of nitrogens with zero attached hydrogens (tertiary/aromatic N) is 2. The number of nitrogens with one attached hydrogen (secondary N) is 2. The maximum atomic E-state index is 12.8. The van der Waals surface area contributed by atoms with Gasteiger partial charge in [-0.2, -0.15) is 4.98 Å². The SMILES string of the molecule is COc1ccc(C(CC(=O)NC(C)(C)c2noc(C(C)(C)C)n2)NC(C)=O)cc1. The fourth-order valence-corrected chi connectivity index (χ4v) is 2.76. The summed E-state index contributed by atoms with van der Waals surface area (Å²) >= 11 is 0. The molecule has 0 aliphatic rings. The summed E-state index contributed by atoms with van der Waals surface area (Å²) in [5, 5.41) is 9.78. The number of aromatic nitrogens is 2. The Bertz CT molecular complexity index is 850. The Kier molecular flexibility index (Phi) is 6.66. The van der Waals surface area contributed by atoms with Crippen molar-refractivity contribution >= 4 is 11.8 Å². The Morgan fingerprint density at radius 3 is 2.24 bits per heavy atom. The molecule has 158 valence electrons. The van der Waals surface area contributed by atoms with Crippen molar-refractivity contribution in [1.29, 1.82) is 0 Å². The first-order valence-electron chi connectivity index (χ1n) is 9.49. The van der Waals surface area contributed by atoms with Crippen LogP contribution in [0.15, 0.2) is 28.8 Å². The van der Waals surface area contributed by atoms with E-state index in [1.54, 1.807) is 19.2 Å². The Balaban J connectivity index is 2.13. The third kappa shape index (κ3) is 6.04. The lowest BCUT2D eigenvalue weighted by Crippen LogP contribution is -2.43. The third-order valence-electron chi connectivity index (χ3n) is 4.36. The topological polar surface area (TPSA) is 106 Å². The number of carbonyl (C=O) groups excluding carboxylic acids is 2. The van der Waals surface area contributed by atoms with E-state index in [2.05, 4.69) is 20.8 Å². The number of hydrogen-bond acceptors (Lipinski definition) is 6. The average molecular weight is 402 g/mol. The van der Waals surface area contributed by atoms with Gasteiger partial charge < -0.3 is 19.9 Å². The molecule has 8 heteroatoms. The van der Waals surface area contributed by atoms with E-state index in [4.69, 9.17) is 9.26 Å². The molecule has 0 saturated carbocycles.